The van der Waals surface area contributed by atoms with E-state index in [0.29, 0.717) is 0 Å². The zero-order chi connectivity index (χ0) is 12.9. The van der Waals surface area contributed by atoms with Gasteiger partial charge in [-0.05, 0) is 52.3 Å². The van der Waals surface area contributed by atoms with Crippen LogP contribution in [-0.4, -0.2) is 0 Å². The van der Waals surface area contributed by atoms with E-state index in [2.05, 4.69) is 42.5 Å². The van der Waals surface area contributed by atoms with Crippen LogP contribution >= 0.6 is 11.3 Å². The fourth-order valence-electron chi connectivity index (χ4n) is 2.33. The van der Waals surface area contributed by atoms with Crippen LogP contribution in [0, 0.1) is 5.92 Å². The number of rotatable bonds is 2. The Morgan fingerprint density at radius 3 is 2.26 bits per heavy atom. The maximum Gasteiger partial charge on any atom is -0.00934 e. The summed E-state index contributed by atoms with van der Waals surface area (Å²) in [6, 6.07) is 19.4. The van der Waals surface area contributed by atoms with E-state index in [4.69, 9.17) is 0 Å². The summed E-state index contributed by atoms with van der Waals surface area (Å²) < 4.78 is 0. The second-order valence-corrected chi connectivity index (χ2v) is 5.90. The van der Waals surface area contributed by atoms with Crippen LogP contribution in [-0.2, 0) is 6.42 Å². The Morgan fingerprint density at radius 1 is 0.842 bits per heavy atom. The Hall–Kier alpha value is -1.60. The fraction of sp³-hybridized carbons (Fsp3) is 0.222. The van der Waals surface area contributed by atoms with E-state index in [0.717, 1.165) is 5.92 Å². The van der Waals surface area contributed by atoms with Crippen molar-refractivity contribution in [1.29, 1.82) is 0 Å². The largest absolute Gasteiger partial charge is 0.152 e. The van der Waals surface area contributed by atoms with E-state index < -0.39 is 0 Å². The van der Waals surface area contributed by atoms with Crippen LogP contribution in [0.2, 0.25) is 0 Å². The van der Waals surface area contributed by atoms with E-state index in [1.807, 2.05) is 22.9 Å². The van der Waals surface area contributed by atoms with Crippen LogP contribution in [0.1, 0.15) is 18.4 Å². The van der Waals surface area contributed by atoms with Gasteiger partial charge in [0, 0.05) is 0 Å². The van der Waals surface area contributed by atoms with E-state index in [-0.39, 0.29) is 0 Å². The predicted molar refractivity (Wildman–Crippen MR) is 84.7 cm³/mol. The molecule has 3 aromatic rings. The van der Waals surface area contributed by atoms with Gasteiger partial charge in [0.25, 0.3) is 0 Å². The molecule has 1 aliphatic rings. The first-order valence-corrected chi connectivity index (χ1v) is 7.81. The lowest BCUT2D eigenvalue weighted by Crippen LogP contribution is -1.88. The van der Waals surface area contributed by atoms with Gasteiger partial charge in [-0.1, -0.05) is 54.6 Å². The highest BCUT2D eigenvalue weighted by molar-refractivity contribution is 7.07. The molecule has 96 valence electrons. The summed E-state index contributed by atoms with van der Waals surface area (Å²) >= 11 is 1.71. The minimum absolute atomic E-state index is 0.973. The highest BCUT2D eigenvalue weighted by atomic mass is 32.1. The van der Waals surface area contributed by atoms with E-state index in [1.165, 1.54) is 35.6 Å². The summed E-state index contributed by atoms with van der Waals surface area (Å²) in [5, 5.41) is 6.91. The average molecular weight is 266 g/mol. The van der Waals surface area contributed by atoms with Gasteiger partial charge in [0.1, 0.15) is 0 Å². The van der Waals surface area contributed by atoms with Gasteiger partial charge in [-0.3, -0.25) is 0 Å². The zero-order valence-corrected chi connectivity index (χ0v) is 11.8. The first-order valence-electron chi connectivity index (χ1n) is 6.87. The molecule has 1 saturated carbocycles. The van der Waals surface area contributed by atoms with Crippen LogP contribution < -0.4 is 0 Å². The lowest BCUT2D eigenvalue weighted by atomic mass is 10.0. The van der Waals surface area contributed by atoms with Crippen LogP contribution in [0.3, 0.4) is 0 Å². The number of hydrogen-bond donors (Lipinski definition) is 0. The maximum atomic E-state index is 2.28. The standard InChI is InChI=1S/C14H14.C4H4S/c1-2-7-14-12(4-1)5-3-6-13(14)10-11-8-9-11;1-2-4-5-3-1/h1-7,11H,8-10H2;1-4H. The van der Waals surface area contributed by atoms with E-state index in [9.17, 15) is 0 Å². The predicted octanol–water partition coefficient (Wildman–Crippen LogP) is 5.54. The Bertz CT molecular complexity index is 599. The molecule has 1 heteroatoms. The molecule has 0 N–H and O–H groups in total. The summed E-state index contributed by atoms with van der Waals surface area (Å²) in [7, 11) is 0. The number of hydrogen-bond acceptors (Lipinski definition) is 1. The lowest BCUT2D eigenvalue weighted by Gasteiger charge is -2.04. The van der Waals surface area contributed by atoms with Crippen LogP contribution in [0.5, 0.6) is 0 Å². The molecular formula is C18H18S. The third-order valence-electron chi connectivity index (χ3n) is 3.51. The molecule has 0 spiro atoms. The molecule has 1 aliphatic carbocycles. The molecule has 0 amide bonds. The highest BCUT2D eigenvalue weighted by Gasteiger charge is 2.21. The monoisotopic (exact) mass is 266 g/mol. The van der Waals surface area contributed by atoms with Gasteiger partial charge in [0.2, 0.25) is 0 Å². The molecular weight excluding hydrogens is 248 g/mol. The first-order chi connectivity index (χ1) is 9.43. The number of fused-ring (bicyclic) bond motifs is 1. The molecule has 0 atom stereocenters. The molecule has 0 nitrogen and oxygen atoms in total. The molecule has 1 aromatic heterocycles. The second-order valence-electron chi connectivity index (χ2n) is 5.08. The molecule has 0 saturated heterocycles. The van der Waals surface area contributed by atoms with E-state index in [1.54, 1.807) is 11.3 Å². The molecule has 1 heterocycles. The van der Waals surface area contributed by atoms with Crippen LogP contribution in [0.4, 0.5) is 0 Å². The Kier molecular flexibility index (Phi) is 3.95. The van der Waals surface area contributed by atoms with Crippen molar-refractivity contribution in [1.82, 2.24) is 0 Å². The van der Waals surface area contributed by atoms with Crippen molar-refractivity contribution in [2.75, 3.05) is 0 Å². The van der Waals surface area contributed by atoms with Gasteiger partial charge in [-0.25, -0.2) is 0 Å². The minimum Gasteiger partial charge on any atom is -0.152 e. The van der Waals surface area contributed by atoms with Gasteiger partial charge >= 0.3 is 0 Å². The van der Waals surface area contributed by atoms with Crippen molar-refractivity contribution in [2.24, 2.45) is 5.92 Å². The SMILES string of the molecule is c1ccc2c(CC3CC3)cccc2c1.c1ccsc1. The van der Waals surface area contributed by atoms with Crippen LogP contribution in [0.15, 0.2) is 65.4 Å². The van der Waals surface area contributed by atoms with Gasteiger partial charge in [0.15, 0.2) is 0 Å². The summed E-state index contributed by atoms with van der Waals surface area (Å²) in [4.78, 5) is 0. The summed E-state index contributed by atoms with van der Waals surface area (Å²) in [5.74, 6) is 0.973. The average Bonchev–Trinajstić information content (AvgIpc) is 3.07. The molecule has 2 aromatic carbocycles. The fourth-order valence-corrected chi connectivity index (χ4v) is 2.78. The minimum atomic E-state index is 0.973. The summed E-state index contributed by atoms with van der Waals surface area (Å²) in [5.41, 5.74) is 1.53. The second kappa shape index (κ2) is 6.03. The van der Waals surface area contributed by atoms with Gasteiger partial charge in [-0.15, -0.1) is 0 Å². The van der Waals surface area contributed by atoms with Gasteiger partial charge in [0.05, 0.1) is 0 Å². The Balaban J connectivity index is 0.000000187. The number of benzene rings is 2. The van der Waals surface area contributed by atoms with Crippen molar-refractivity contribution in [2.45, 2.75) is 19.3 Å². The van der Waals surface area contributed by atoms with Crippen molar-refractivity contribution in [3.05, 3.63) is 70.9 Å². The smallest absolute Gasteiger partial charge is 0.00934 e. The van der Waals surface area contributed by atoms with E-state index >= 15 is 0 Å². The topological polar surface area (TPSA) is 0 Å². The van der Waals surface area contributed by atoms with Crippen molar-refractivity contribution >= 4 is 22.1 Å². The Labute approximate surface area is 118 Å². The Morgan fingerprint density at radius 2 is 1.58 bits per heavy atom. The molecule has 0 unspecified atom stereocenters. The molecule has 19 heavy (non-hydrogen) atoms. The van der Waals surface area contributed by atoms with Crippen molar-refractivity contribution in [3.8, 4) is 0 Å². The van der Waals surface area contributed by atoms with Crippen molar-refractivity contribution in [3.63, 3.8) is 0 Å². The zero-order valence-electron chi connectivity index (χ0n) is 11.0. The molecule has 1 fully saturated rings. The first kappa shape index (κ1) is 12.4. The molecule has 4 rings (SSSR count). The maximum absolute atomic E-state index is 2.28. The summed E-state index contributed by atoms with van der Waals surface area (Å²) in [6.07, 6.45) is 4.15. The third-order valence-corrected chi connectivity index (χ3v) is 4.14. The van der Waals surface area contributed by atoms with Crippen molar-refractivity contribution < 1.29 is 0 Å². The van der Waals surface area contributed by atoms with Gasteiger partial charge in [-0.2, -0.15) is 11.3 Å². The normalized spacial score (nSPS) is 13.9. The third kappa shape index (κ3) is 3.45. The van der Waals surface area contributed by atoms with Crippen LogP contribution in [0.25, 0.3) is 10.8 Å². The molecule has 0 bridgehead atoms. The summed E-state index contributed by atoms with van der Waals surface area (Å²) in [6.45, 7) is 0. The van der Waals surface area contributed by atoms with Gasteiger partial charge < -0.3 is 0 Å². The number of thiophene rings is 1. The highest BCUT2D eigenvalue weighted by Crippen LogP contribution is 2.34. The lowest BCUT2D eigenvalue weighted by molar-refractivity contribution is 0.838. The molecule has 0 aliphatic heterocycles. The quantitative estimate of drug-likeness (QED) is 0.571. The molecule has 0 radical (unpaired) electrons.